The molecule has 1 atom stereocenters. The Bertz CT molecular complexity index is 519. The standard InChI is InChI=1S/C17H23N3O/c1-3-6-14(4-2)8-9-18-11-15-12-19-17(20-13-15)16-7-5-10-21-16/h3,5,7,10,12-14,18H,1,4,6,8-9,11H2,2H3. The molecule has 0 fully saturated rings. The van der Waals surface area contributed by atoms with Crippen LogP contribution < -0.4 is 5.32 Å². The summed E-state index contributed by atoms with van der Waals surface area (Å²) in [6.45, 7) is 7.84. The quantitative estimate of drug-likeness (QED) is 0.562. The maximum absolute atomic E-state index is 5.27. The third kappa shape index (κ3) is 4.83. The SMILES string of the molecule is C=CCC(CC)CCNCc1cnc(-c2ccco2)nc1. The second-order valence-corrected chi connectivity index (χ2v) is 5.16. The summed E-state index contributed by atoms with van der Waals surface area (Å²) < 4.78 is 5.27. The summed E-state index contributed by atoms with van der Waals surface area (Å²) in [5.41, 5.74) is 1.09. The summed E-state index contributed by atoms with van der Waals surface area (Å²) in [5, 5.41) is 3.44. The number of furan rings is 1. The molecule has 4 nitrogen and oxygen atoms in total. The third-order valence-electron chi connectivity index (χ3n) is 3.58. The van der Waals surface area contributed by atoms with Crippen LogP contribution in [0.5, 0.6) is 0 Å². The summed E-state index contributed by atoms with van der Waals surface area (Å²) in [7, 11) is 0. The largest absolute Gasteiger partial charge is 0.461 e. The minimum absolute atomic E-state index is 0.626. The van der Waals surface area contributed by atoms with E-state index >= 15 is 0 Å². The van der Waals surface area contributed by atoms with Crippen molar-refractivity contribution in [3.05, 3.63) is 49.0 Å². The molecular weight excluding hydrogens is 262 g/mol. The van der Waals surface area contributed by atoms with E-state index in [1.807, 2.05) is 30.6 Å². The molecule has 0 aromatic carbocycles. The van der Waals surface area contributed by atoms with Crippen molar-refractivity contribution in [1.82, 2.24) is 15.3 Å². The van der Waals surface area contributed by atoms with Crippen LogP contribution in [0.4, 0.5) is 0 Å². The van der Waals surface area contributed by atoms with Crippen LogP contribution in [0.1, 0.15) is 31.7 Å². The van der Waals surface area contributed by atoms with Gasteiger partial charge in [0.25, 0.3) is 0 Å². The van der Waals surface area contributed by atoms with Gasteiger partial charge in [-0.25, -0.2) is 9.97 Å². The van der Waals surface area contributed by atoms with Crippen molar-refractivity contribution in [2.75, 3.05) is 6.54 Å². The maximum atomic E-state index is 5.27. The van der Waals surface area contributed by atoms with Crippen molar-refractivity contribution in [3.8, 4) is 11.6 Å². The lowest BCUT2D eigenvalue weighted by molar-refractivity contribution is 0.455. The molecule has 112 valence electrons. The van der Waals surface area contributed by atoms with E-state index in [1.54, 1.807) is 6.26 Å². The van der Waals surface area contributed by atoms with Crippen molar-refractivity contribution in [2.24, 2.45) is 5.92 Å². The van der Waals surface area contributed by atoms with Gasteiger partial charge in [-0.05, 0) is 37.4 Å². The van der Waals surface area contributed by atoms with Gasteiger partial charge in [-0.15, -0.1) is 6.58 Å². The molecule has 0 spiro atoms. The second kappa shape index (κ2) is 8.37. The Balaban J connectivity index is 1.75. The Hall–Kier alpha value is -1.94. The number of aromatic nitrogens is 2. The Kier molecular flexibility index (Phi) is 6.16. The highest BCUT2D eigenvalue weighted by Crippen LogP contribution is 2.14. The molecule has 0 radical (unpaired) electrons. The van der Waals surface area contributed by atoms with E-state index in [-0.39, 0.29) is 0 Å². The van der Waals surface area contributed by atoms with Crippen molar-refractivity contribution in [1.29, 1.82) is 0 Å². The van der Waals surface area contributed by atoms with Crippen LogP contribution in [0.3, 0.4) is 0 Å². The molecule has 2 aromatic heterocycles. The number of rotatable bonds is 9. The molecule has 1 N–H and O–H groups in total. The van der Waals surface area contributed by atoms with E-state index in [4.69, 9.17) is 4.42 Å². The molecule has 1 unspecified atom stereocenters. The lowest BCUT2D eigenvalue weighted by Crippen LogP contribution is -2.17. The first-order valence-corrected chi connectivity index (χ1v) is 7.50. The minimum atomic E-state index is 0.626. The van der Waals surface area contributed by atoms with Crippen LogP contribution in [-0.4, -0.2) is 16.5 Å². The fourth-order valence-corrected chi connectivity index (χ4v) is 2.24. The zero-order valence-corrected chi connectivity index (χ0v) is 12.6. The predicted octanol–water partition coefficient (Wildman–Crippen LogP) is 3.82. The Morgan fingerprint density at radius 2 is 2.19 bits per heavy atom. The molecule has 2 heterocycles. The fraction of sp³-hybridized carbons (Fsp3) is 0.412. The topological polar surface area (TPSA) is 51.0 Å². The molecule has 0 aliphatic rings. The van der Waals surface area contributed by atoms with E-state index < -0.39 is 0 Å². The molecule has 0 bridgehead atoms. The van der Waals surface area contributed by atoms with Crippen LogP contribution in [0.25, 0.3) is 11.6 Å². The molecule has 0 saturated heterocycles. The molecule has 21 heavy (non-hydrogen) atoms. The highest BCUT2D eigenvalue weighted by atomic mass is 16.3. The minimum Gasteiger partial charge on any atom is -0.461 e. The fourth-order valence-electron chi connectivity index (χ4n) is 2.24. The number of nitrogens with one attached hydrogen (secondary N) is 1. The Morgan fingerprint density at radius 3 is 2.81 bits per heavy atom. The van der Waals surface area contributed by atoms with E-state index in [0.29, 0.717) is 11.6 Å². The summed E-state index contributed by atoms with van der Waals surface area (Å²) >= 11 is 0. The van der Waals surface area contributed by atoms with Gasteiger partial charge in [0.15, 0.2) is 11.6 Å². The van der Waals surface area contributed by atoms with Gasteiger partial charge in [0, 0.05) is 24.5 Å². The highest BCUT2D eigenvalue weighted by Gasteiger charge is 2.05. The molecular formula is C17H23N3O. The Labute approximate surface area is 126 Å². The van der Waals surface area contributed by atoms with Gasteiger partial charge in [0.1, 0.15) is 0 Å². The normalized spacial score (nSPS) is 12.2. The summed E-state index contributed by atoms with van der Waals surface area (Å²) in [4.78, 5) is 8.64. The summed E-state index contributed by atoms with van der Waals surface area (Å²) in [6.07, 6.45) is 10.8. The molecule has 0 aliphatic carbocycles. The molecule has 4 heteroatoms. The first-order chi connectivity index (χ1) is 10.3. The summed E-state index contributed by atoms with van der Waals surface area (Å²) in [5.74, 6) is 2.05. The summed E-state index contributed by atoms with van der Waals surface area (Å²) in [6, 6.07) is 3.69. The average molecular weight is 285 g/mol. The smallest absolute Gasteiger partial charge is 0.195 e. The van der Waals surface area contributed by atoms with Crippen LogP contribution in [0, 0.1) is 5.92 Å². The van der Waals surface area contributed by atoms with Gasteiger partial charge in [-0.2, -0.15) is 0 Å². The van der Waals surface area contributed by atoms with Gasteiger partial charge >= 0.3 is 0 Å². The number of allylic oxidation sites excluding steroid dienone is 1. The molecule has 0 aliphatic heterocycles. The highest BCUT2D eigenvalue weighted by molar-refractivity contribution is 5.45. The second-order valence-electron chi connectivity index (χ2n) is 5.16. The lowest BCUT2D eigenvalue weighted by Gasteiger charge is -2.12. The Morgan fingerprint density at radius 1 is 1.38 bits per heavy atom. The number of hydrogen-bond donors (Lipinski definition) is 1. The van der Waals surface area contributed by atoms with E-state index in [1.165, 1.54) is 12.8 Å². The van der Waals surface area contributed by atoms with Crippen LogP contribution in [0.2, 0.25) is 0 Å². The monoisotopic (exact) mass is 285 g/mol. The number of hydrogen-bond acceptors (Lipinski definition) is 4. The predicted molar refractivity (Wildman–Crippen MR) is 84.7 cm³/mol. The van der Waals surface area contributed by atoms with Crippen molar-refractivity contribution in [3.63, 3.8) is 0 Å². The zero-order valence-electron chi connectivity index (χ0n) is 12.6. The lowest BCUT2D eigenvalue weighted by atomic mass is 9.99. The molecule has 0 amide bonds. The van der Waals surface area contributed by atoms with Gasteiger partial charge in [0.2, 0.25) is 0 Å². The van der Waals surface area contributed by atoms with Crippen molar-refractivity contribution < 1.29 is 4.42 Å². The van der Waals surface area contributed by atoms with E-state index in [0.717, 1.165) is 31.0 Å². The van der Waals surface area contributed by atoms with Crippen molar-refractivity contribution in [2.45, 2.75) is 32.7 Å². The van der Waals surface area contributed by atoms with E-state index in [2.05, 4.69) is 28.8 Å². The molecule has 0 saturated carbocycles. The van der Waals surface area contributed by atoms with Crippen molar-refractivity contribution >= 4 is 0 Å². The van der Waals surface area contributed by atoms with Crippen LogP contribution in [-0.2, 0) is 6.54 Å². The van der Waals surface area contributed by atoms with Gasteiger partial charge in [-0.3, -0.25) is 0 Å². The van der Waals surface area contributed by atoms with Crippen LogP contribution >= 0.6 is 0 Å². The zero-order chi connectivity index (χ0) is 14.9. The average Bonchev–Trinajstić information content (AvgIpc) is 3.05. The van der Waals surface area contributed by atoms with E-state index in [9.17, 15) is 0 Å². The van der Waals surface area contributed by atoms with Crippen LogP contribution in [0.15, 0.2) is 47.9 Å². The number of nitrogens with zero attached hydrogens (tertiary/aromatic N) is 2. The maximum Gasteiger partial charge on any atom is 0.195 e. The molecule has 2 aromatic rings. The van der Waals surface area contributed by atoms with Gasteiger partial charge in [-0.1, -0.05) is 19.4 Å². The van der Waals surface area contributed by atoms with Gasteiger partial charge < -0.3 is 9.73 Å². The third-order valence-corrected chi connectivity index (χ3v) is 3.58. The molecule has 2 rings (SSSR count). The van der Waals surface area contributed by atoms with Gasteiger partial charge in [0.05, 0.1) is 6.26 Å². The first-order valence-electron chi connectivity index (χ1n) is 7.50. The first kappa shape index (κ1) is 15.4.